The first kappa shape index (κ1) is 17.9. The van der Waals surface area contributed by atoms with E-state index >= 15 is 0 Å². The van der Waals surface area contributed by atoms with Gasteiger partial charge in [0.15, 0.2) is 0 Å². The number of ketones is 1. The zero-order chi connectivity index (χ0) is 16.7. The van der Waals surface area contributed by atoms with Gasteiger partial charge in [-0.25, -0.2) is 0 Å². The molecule has 1 heterocycles. The first-order valence-corrected chi connectivity index (χ1v) is 8.80. The quantitative estimate of drug-likeness (QED) is 0.403. The van der Waals surface area contributed by atoms with Crippen LogP contribution in [0.15, 0.2) is 24.3 Å². The van der Waals surface area contributed by atoms with Gasteiger partial charge in [-0.3, -0.25) is 9.59 Å². The number of unbranched alkanes of at least 4 members (excludes halogenated alkanes) is 1. The minimum absolute atomic E-state index is 0.108. The maximum absolute atomic E-state index is 11.7. The Hall–Kier alpha value is -1.42. The Kier molecular flexibility index (Phi) is 7.03. The fraction of sp³-hybridized carbons (Fsp3) is 0.684. The number of hydrogen-bond donors (Lipinski definition) is 1. The summed E-state index contributed by atoms with van der Waals surface area (Å²) in [5.74, 6) is 1.41. The van der Waals surface area contributed by atoms with E-state index in [0.29, 0.717) is 36.7 Å². The Balaban J connectivity index is 1.53. The van der Waals surface area contributed by atoms with E-state index in [-0.39, 0.29) is 5.97 Å². The molecule has 0 aromatic carbocycles. The van der Waals surface area contributed by atoms with E-state index in [0.717, 1.165) is 50.6 Å². The molecule has 1 saturated heterocycles. The van der Waals surface area contributed by atoms with Crippen molar-refractivity contribution in [2.24, 2.45) is 11.8 Å². The molecule has 0 bridgehead atoms. The van der Waals surface area contributed by atoms with Crippen LogP contribution >= 0.6 is 0 Å². The van der Waals surface area contributed by atoms with Crippen molar-refractivity contribution >= 4 is 11.8 Å². The second-order valence-electron chi connectivity index (χ2n) is 6.79. The Morgan fingerprint density at radius 2 is 2.22 bits per heavy atom. The second-order valence-corrected chi connectivity index (χ2v) is 6.79. The molecule has 0 spiro atoms. The Morgan fingerprint density at radius 1 is 1.39 bits per heavy atom. The van der Waals surface area contributed by atoms with Crippen LogP contribution in [0.25, 0.3) is 0 Å². The molecule has 1 N–H and O–H groups in total. The van der Waals surface area contributed by atoms with Crippen molar-refractivity contribution in [3.63, 3.8) is 0 Å². The van der Waals surface area contributed by atoms with Crippen molar-refractivity contribution in [1.82, 2.24) is 5.32 Å². The number of carbonyl (C=O) groups is 2. The average Bonchev–Trinajstić information content (AvgIpc) is 3.07. The van der Waals surface area contributed by atoms with Crippen LogP contribution in [0.1, 0.15) is 51.9 Å². The predicted molar refractivity (Wildman–Crippen MR) is 91.0 cm³/mol. The maximum Gasteiger partial charge on any atom is 0.305 e. The highest BCUT2D eigenvalue weighted by atomic mass is 16.5. The molecule has 0 amide bonds. The molecule has 2 fully saturated rings. The Bertz CT molecular complexity index is 469. The molecule has 3 unspecified atom stereocenters. The Morgan fingerprint density at radius 3 is 3.00 bits per heavy atom. The van der Waals surface area contributed by atoms with Crippen molar-refractivity contribution in [3.8, 4) is 0 Å². The van der Waals surface area contributed by atoms with E-state index in [1.54, 1.807) is 6.08 Å². The largest absolute Gasteiger partial charge is 0.465 e. The molecule has 1 saturated carbocycles. The zero-order valence-corrected chi connectivity index (χ0v) is 14.2. The third-order valence-electron chi connectivity index (χ3n) is 5.03. The summed E-state index contributed by atoms with van der Waals surface area (Å²) in [6.45, 7) is 7.09. The van der Waals surface area contributed by atoms with E-state index in [1.807, 2.05) is 13.0 Å². The maximum atomic E-state index is 11.7. The van der Waals surface area contributed by atoms with Crippen molar-refractivity contribution < 1.29 is 14.3 Å². The molecule has 2 aliphatic rings. The number of Topliss-reactive ketones (excluding diaryl/α,β-unsaturated/α-hetero) is 1. The SMILES string of the molecule is C=C/C(C)=C\CCOC(=O)CCCCC1NCC2CC(=O)CC21. The lowest BCUT2D eigenvalue weighted by atomic mass is 9.91. The second kappa shape index (κ2) is 9.02. The van der Waals surface area contributed by atoms with Gasteiger partial charge in [0.05, 0.1) is 6.61 Å². The number of rotatable bonds is 9. The molecule has 3 atom stereocenters. The molecule has 1 aliphatic carbocycles. The van der Waals surface area contributed by atoms with Crippen LogP contribution in [0.4, 0.5) is 0 Å². The lowest BCUT2D eigenvalue weighted by Gasteiger charge is -2.17. The lowest BCUT2D eigenvalue weighted by molar-refractivity contribution is -0.143. The van der Waals surface area contributed by atoms with E-state index in [2.05, 4.69) is 11.9 Å². The monoisotopic (exact) mass is 319 g/mol. The fourth-order valence-corrected chi connectivity index (χ4v) is 3.67. The van der Waals surface area contributed by atoms with Crippen LogP contribution in [0, 0.1) is 11.8 Å². The summed E-state index contributed by atoms with van der Waals surface area (Å²) < 4.78 is 5.21. The van der Waals surface area contributed by atoms with Crippen LogP contribution < -0.4 is 5.32 Å². The molecule has 0 aromatic rings. The zero-order valence-electron chi connectivity index (χ0n) is 14.2. The molecular formula is C19H29NO3. The van der Waals surface area contributed by atoms with Crippen LogP contribution in [0.3, 0.4) is 0 Å². The highest BCUT2D eigenvalue weighted by molar-refractivity contribution is 5.81. The number of ether oxygens (including phenoxy) is 1. The summed E-state index contributed by atoms with van der Waals surface area (Å²) in [5.41, 5.74) is 1.11. The van der Waals surface area contributed by atoms with E-state index < -0.39 is 0 Å². The average molecular weight is 319 g/mol. The molecule has 4 nitrogen and oxygen atoms in total. The standard InChI is InChI=1S/C19H29NO3/c1-3-14(2)7-6-10-23-19(22)9-5-4-8-18-17-12-16(21)11-15(17)13-20-18/h3,7,15,17-18,20H,1,4-6,8-13H2,2H3/b14-7-. The summed E-state index contributed by atoms with van der Waals surface area (Å²) in [6.07, 6.45) is 9.50. The van der Waals surface area contributed by atoms with Crippen molar-refractivity contribution in [3.05, 3.63) is 24.3 Å². The number of hydrogen-bond acceptors (Lipinski definition) is 4. The first-order chi connectivity index (χ1) is 11.1. The minimum Gasteiger partial charge on any atom is -0.465 e. The summed E-state index contributed by atoms with van der Waals surface area (Å²) in [6, 6.07) is 0.467. The Labute approximate surface area is 139 Å². The van der Waals surface area contributed by atoms with E-state index in [9.17, 15) is 9.59 Å². The van der Waals surface area contributed by atoms with Gasteiger partial charge in [-0.1, -0.05) is 30.7 Å². The van der Waals surface area contributed by atoms with Crippen molar-refractivity contribution in [2.75, 3.05) is 13.2 Å². The highest BCUT2D eigenvalue weighted by Gasteiger charge is 2.42. The van der Waals surface area contributed by atoms with Crippen LogP contribution in [-0.2, 0) is 14.3 Å². The number of nitrogens with one attached hydrogen (secondary N) is 1. The first-order valence-electron chi connectivity index (χ1n) is 8.80. The topological polar surface area (TPSA) is 55.4 Å². The van der Waals surface area contributed by atoms with Gasteiger partial charge >= 0.3 is 5.97 Å². The highest BCUT2D eigenvalue weighted by Crippen LogP contribution is 2.37. The normalized spacial score (nSPS) is 27.1. The molecule has 0 aromatic heterocycles. The minimum atomic E-state index is -0.108. The molecule has 2 rings (SSSR count). The summed E-state index contributed by atoms with van der Waals surface area (Å²) in [7, 11) is 0. The van der Waals surface area contributed by atoms with Gasteiger partial charge in [0.25, 0.3) is 0 Å². The molecule has 4 heteroatoms. The molecule has 1 aliphatic heterocycles. The smallest absolute Gasteiger partial charge is 0.305 e. The van der Waals surface area contributed by atoms with Gasteiger partial charge in [-0.2, -0.15) is 0 Å². The lowest BCUT2D eigenvalue weighted by Crippen LogP contribution is -2.27. The van der Waals surface area contributed by atoms with Crippen LogP contribution in [-0.4, -0.2) is 30.9 Å². The third-order valence-corrected chi connectivity index (χ3v) is 5.03. The third kappa shape index (κ3) is 5.61. The molecular weight excluding hydrogens is 290 g/mol. The summed E-state index contributed by atoms with van der Waals surface area (Å²) in [5, 5.41) is 3.54. The predicted octanol–water partition coefficient (Wildman–Crippen LogP) is 3.18. The summed E-state index contributed by atoms with van der Waals surface area (Å²) >= 11 is 0. The number of carbonyl (C=O) groups excluding carboxylic acids is 2. The molecule has 0 radical (unpaired) electrons. The van der Waals surface area contributed by atoms with Gasteiger partial charge < -0.3 is 10.1 Å². The van der Waals surface area contributed by atoms with Crippen LogP contribution in [0.2, 0.25) is 0 Å². The molecule has 23 heavy (non-hydrogen) atoms. The fourth-order valence-electron chi connectivity index (χ4n) is 3.67. The van der Waals surface area contributed by atoms with Crippen LogP contribution in [0.5, 0.6) is 0 Å². The van der Waals surface area contributed by atoms with Gasteiger partial charge in [0.2, 0.25) is 0 Å². The van der Waals surface area contributed by atoms with E-state index in [4.69, 9.17) is 4.74 Å². The number of allylic oxidation sites excluding steroid dienone is 2. The van der Waals surface area contributed by atoms with E-state index in [1.165, 1.54) is 0 Å². The molecule has 128 valence electrons. The van der Waals surface area contributed by atoms with Crippen molar-refractivity contribution in [2.45, 2.75) is 57.9 Å². The number of esters is 1. The number of fused-ring (bicyclic) bond motifs is 1. The van der Waals surface area contributed by atoms with Gasteiger partial charge in [-0.05, 0) is 38.1 Å². The summed E-state index contributed by atoms with van der Waals surface area (Å²) in [4.78, 5) is 23.2. The van der Waals surface area contributed by atoms with Gasteiger partial charge in [-0.15, -0.1) is 0 Å². The van der Waals surface area contributed by atoms with Gasteiger partial charge in [0.1, 0.15) is 5.78 Å². The van der Waals surface area contributed by atoms with Crippen molar-refractivity contribution in [1.29, 1.82) is 0 Å². The van der Waals surface area contributed by atoms with Gasteiger partial charge in [0, 0.05) is 31.7 Å².